The molecule has 2 aliphatic heterocycles. The zero-order valence-electron chi connectivity index (χ0n) is 16.1. The van der Waals surface area contributed by atoms with Gasteiger partial charge in [0, 0.05) is 20.2 Å². The maximum atomic E-state index is 12.9. The number of benzene rings is 2. The van der Waals surface area contributed by atoms with Crippen LogP contribution in [0, 0.1) is 0 Å². The molecule has 0 saturated carbocycles. The van der Waals surface area contributed by atoms with Crippen molar-refractivity contribution in [3.8, 4) is 11.5 Å². The van der Waals surface area contributed by atoms with Crippen LogP contribution in [0.4, 0.5) is 4.79 Å². The summed E-state index contributed by atoms with van der Waals surface area (Å²) in [6, 6.07) is 14.0. The second-order valence-corrected chi connectivity index (χ2v) is 7.11. The number of hydrogen-bond donors (Lipinski definition) is 1. The van der Waals surface area contributed by atoms with Gasteiger partial charge in [-0.05, 0) is 41.7 Å². The maximum absolute atomic E-state index is 12.9. The Hall–Kier alpha value is -2.73. The summed E-state index contributed by atoms with van der Waals surface area (Å²) in [6.45, 7) is 2.92. The van der Waals surface area contributed by atoms with E-state index in [2.05, 4.69) is 5.32 Å². The van der Waals surface area contributed by atoms with E-state index in [1.54, 1.807) is 7.11 Å². The fraction of sp³-hybridized carbons (Fsp3) is 0.409. The minimum absolute atomic E-state index is 0.0374. The standard InChI is InChI=1S/C22H26N2O4/c1-26-15-18-6-3-2-5-17(18)14-23-22(25)24-10-4-7-19(24)16-8-9-20-21(13-16)28-12-11-27-20/h2-3,5-6,8-9,13,19H,4,7,10-12,14-15H2,1H3,(H,23,25). The van der Waals surface area contributed by atoms with Crippen LogP contribution in [-0.4, -0.2) is 37.8 Å². The summed E-state index contributed by atoms with van der Waals surface area (Å²) in [4.78, 5) is 14.8. The van der Waals surface area contributed by atoms with Gasteiger partial charge in [0.1, 0.15) is 13.2 Å². The third kappa shape index (κ3) is 3.92. The number of methoxy groups -OCH3 is 1. The van der Waals surface area contributed by atoms with Gasteiger partial charge in [0.2, 0.25) is 0 Å². The van der Waals surface area contributed by atoms with Gasteiger partial charge in [-0.2, -0.15) is 0 Å². The van der Waals surface area contributed by atoms with Gasteiger partial charge >= 0.3 is 6.03 Å². The van der Waals surface area contributed by atoms with Gasteiger partial charge in [0.15, 0.2) is 11.5 Å². The van der Waals surface area contributed by atoms with E-state index in [-0.39, 0.29) is 12.1 Å². The van der Waals surface area contributed by atoms with Crippen LogP contribution in [0.2, 0.25) is 0 Å². The van der Waals surface area contributed by atoms with Crippen molar-refractivity contribution in [3.05, 3.63) is 59.2 Å². The lowest BCUT2D eigenvalue weighted by Gasteiger charge is -2.27. The normalized spacial score (nSPS) is 18.2. The van der Waals surface area contributed by atoms with Gasteiger partial charge in [-0.15, -0.1) is 0 Å². The lowest BCUT2D eigenvalue weighted by Crippen LogP contribution is -2.39. The molecule has 2 aliphatic rings. The molecule has 1 fully saturated rings. The highest BCUT2D eigenvalue weighted by molar-refractivity contribution is 5.75. The van der Waals surface area contributed by atoms with Crippen molar-refractivity contribution in [2.24, 2.45) is 0 Å². The Morgan fingerprint density at radius 3 is 2.75 bits per heavy atom. The van der Waals surface area contributed by atoms with E-state index >= 15 is 0 Å². The highest BCUT2D eigenvalue weighted by Crippen LogP contribution is 2.38. The number of amides is 2. The predicted octanol–water partition coefficient (Wildman–Crippen LogP) is 3.65. The lowest BCUT2D eigenvalue weighted by molar-refractivity contribution is 0.170. The fourth-order valence-electron chi connectivity index (χ4n) is 3.92. The molecule has 0 aliphatic carbocycles. The van der Waals surface area contributed by atoms with Crippen molar-refractivity contribution in [1.29, 1.82) is 0 Å². The molecule has 28 heavy (non-hydrogen) atoms. The predicted molar refractivity (Wildman–Crippen MR) is 106 cm³/mol. The molecule has 2 heterocycles. The molecule has 6 heteroatoms. The molecule has 1 N–H and O–H groups in total. The summed E-state index contributed by atoms with van der Waals surface area (Å²) in [5.74, 6) is 1.54. The highest BCUT2D eigenvalue weighted by Gasteiger charge is 2.30. The SMILES string of the molecule is COCc1ccccc1CNC(=O)N1CCCC1c1ccc2c(c1)OCCO2. The van der Waals surface area contributed by atoms with Gasteiger partial charge in [0.05, 0.1) is 12.6 Å². The Labute approximate surface area is 165 Å². The Morgan fingerprint density at radius 2 is 1.93 bits per heavy atom. The minimum atomic E-state index is -0.0374. The molecule has 2 aromatic carbocycles. The molecule has 4 rings (SSSR count). The Morgan fingerprint density at radius 1 is 1.14 bits per heavy atom. The molecule has 2 amide bonds. The first kappa shape index (κ1) is 18.6. The molecular weight excluding hydrogens is 356 g/mol. The van der Waals surface area contributed by atoms with Crippen LogP contribution in [0.5, 0.6) is 11.5 Å². The summed E-state index contributed by atoms with van der Waals surface area (Å²) in [7, 11) is 1.68. The number of ether oxygens (including phenoxy) is 3. The van der Waals surface area contributed by atoms with Gasteiger partial charge in [-0.25, -0.2) is 4.79 Å². The monoisotopic (exact) mass is 382 g/mol. The van der Waals surface area contributed by atoms with Crippen LogP contribution in [0.1, 0.15) is 35.6 Å². The molecule has 1 saturated heterocycles. The number of urea groups is 1. The first-order valence-corrected chi connectivity index (χ1v) is 9.76. The number of rotatable bonds is 5. The van der Waals surface area contributed by atoms with E-state index in [0.717, 1.165) is 47.6 Å². The van der Waals surface area contributed by atoms with Gasteiger partial charge in [-0.1, -0.05) is 30.3 Å². The van der Waals surface area contributed by atoms with Crippen molar-refractivity contribution in [1.82, 2.24) is 10.2 Å². The van der Waals surface area contributed by atoms with Crippen molar-refractivity contribution in [2.75, 3.05) is 26.9 Å². The van der Waals surface area contributed by atoms with Crippen LogP contribution in [0.3, 0.4) is 0 Å². The van der Waals surface area contributed by atoms with Gasteiger partial charge in [-0.3, -0.25) is 0 Å². The molecule has 0 bridgehead atoms. The summed E-state index contributed by atoms with van der Waals surface area (Å²) >= 11 is 0. The molecule has 0 aromatic heterocycles. The van der Waals surface area contributed by atoms with Crippen LogP contribution in [0.15, 0.2) is 42.5 Å². The van der Waals surface area contributed by atoms with Crippen LogP contribution in [-0.2, 0) is 17.9 Å². The van der Waals surface area contributed by atoms with Crippen LogP contribution >= 0.6 is 0 Å². The van der Waals surface area contributed by atoms with E-state index in [1.807, 2.05) is 47.4 Å². The Bertz CT molecular complexity index is 839. The second kappa shape index (κ2) is 8.52. The summed E-state index contributed by atoms with van der Waals surface area (Å²) in [5, 5.41) is 3.08. The molecule has 0 spiro atoms. The third-order valence-corrected chi connectivity index (χ3v) is 5.31. The lowest BCUT2D eigenvalue weighted by atomic mass is 10.0. The third-order valence-electron chi connectivity index (χ3n) is 5.31. The quantitative estimate of drug-likeness (QED) is 0.858. The number of carbonyl (C=O) groups excluding carboxylic acids is 1. The zero-order chi connectivity index (χ0) is 19.3. The van der Waals surface area contributed by atoms with Gasteiger partial charge < -0.3 is 24.4 Å². The molecular formula is C22H26N2O4. The minimum Gasteiger partial charge on any atom is -0.486 e. The largest absolute Gasteiger partial charge is 0.486 e. The van der Waals surface area contributed by atoms with Crippen LogP contribution < -0.4 is 14.8 Å². The average molecular weight is 382 g/mol. The maximum Gasteiger partial charge on any atom is 0.318 e. The van der Waals surface area contributed by atoms with E-state index in [4.69, 9.17) is 14.2 Å². The topological polar surface area (TPSA) is 60.0 Å². The number of nitrogens with one attached hydrogen (secondary N) is 1. The number of carbonyl (C=O) groups is 1. The second-order valence-electron chi connectivity index (χ2n) is 7.11. The number of nitrogens with zero attached hydrogens (tertiary/aromatic N) is 1. The first-order valence-electron chi connectivity index (χ1n) is 9.76. The molecule has 1 atom stereocenters. The van der Waals surface area contributed by atoms with Crippen molar-refractivity contribution < 1.29 is 19.0 Å². The van der Waals surface area contributed by atoms with E-state index < -0.39 is 0 Å². The number of hydrogen-bond acceptors (Lipinski definition) is 4. The number of likely N-dealkylation sites (tertiary alicyclic amines) is 1. The zero-order valence-corrected chi connectivity index (χ0v) is 16.1. The molecule has 6 nitrogen and oxygen atoms in total. The first-order chi connectivity index (χ1) is 13.8. The highest BCUT2D eigenvalue weighted by atomic mass is 16.6. The summed E-state index contributed by atoms with van der Waals surface area (Å²) < 4.78 is 16.6. The van der Waals surface area contributed by atoms with E-state index in [9.17, 15) is 4.79 Å². The van der Waals surface area contributed by atoms with Crippen LogP contribution in [0.25, 0.3) is 0 Å². The molecule has 0 radical (unpaired) electrons. The summed E-state index contributed by atoms with van der Waals surface area (Å²) in [5.41, 5.74) is 3.26. The Balaban J connectivity index is 1.44. The van der Waals surface area contributed by atoms with E-state index in [0.29, 0.717) is 26.4 Å². The number of fused-ring (bicyclic) bond motifs is 1. The van der Waals surface area contributed by atoms with Crippen molar-refractivity contribution in [2.45, 2.75) is 32.0 Å². The molecule has 1 unspecified atom stereocenters. The van der Waals surface area contributed by atoms with Crippen molar-refractivity contribution >= 4 is 6.03 Å². The Kier molecular flexibility index (Phi) is 5.67. The van der Waals surface area contributed by atoms with Gasteiger partial charge in [0.25, 0.3) is 0 Å². The smallest absolute Gasteiger partial charge is 0.318 e. The summed E-state index contributed by atoms with van der Waals surface area (Å²) in [6.07, 6.45) is 1.94. The average Bonchev–Trinajstić information content (AvgIpc) is 3.23. The molecule has 148 valence electrons. The fourth-order valence-corrected chi connectivity index (χ4v) is 3.92. The molecule has 2 aromatic rings. The van der Waals surface area contributed by atoms with Crippen molar-refractivity contribution in [3.63, 3.8) is 0 Å². The van der Waals surface area contributed by atoms with E-state index in [1.165, 1.54) is 0 Å².